The Bertz CT molecular complexity index is 305. The SMILES string of the molecule is CCCCN1CCC(Cc2ncccn2)CC1. The van der Waals surface area contributed by atoms with E-state index in [1.807, 2.05) is 18.5 Å². The van der Waals surface area contributed by atoms with Gasteiger partial charge in [-0.05, 0) is 50.9 Å². The van der Waals surface area contributed by atoms with Crippen molar-refractivity contribution < 1.29 is 0 Å². The molecule has 3 heteroatoms. The summed E-state index contributed by atoms with van der Waals surface area (Å²) in [6.45, 7) is 6.07. The van der Waals surface area contributed by atoms with Crippen LogP contribution in [0.25, 0.3) is 0 Å². The fourth-order valence-corrected chi connectivity index (χ4v) is 2.49. The van der Waals surface area contributed by atoms with Crippen LogP contribution in [0.3, 0.4) is 0 Å². The number of hydrogen-bond donors (Lipinski definition) is 0. The molecule has 0 unspecified atom stereocenters. The molecule has 0 saturated carbocycles. The molecule has 0 aliphatic carbocycles. The minimum atomic E-state index is 0.787. The number of hydrogen-bond acceptors (Lipinski definition) is 3. The molecule has 0 aromatic carbocycles. The fraction of sp³-hybridized carbons (Fsp3) is 0.714. The lowest BCUT2D eigenvalue weighted by molar-refractivity contribution is 0.181. The van der Waals surface area contributed by atoms with Crippen molar-refractivity contribution in [2.45, 2.75) is 39.0 Å². The predicted octanol–water partition coefficient (Wildman–Crippen LogP) is 2.53. The van der Waals surface area contributed by atoms with Gasteiger partial charge in [0.2, 0.25) is 0 Å². The van der Waals surface area contributed by atoms with Gasteiger partial charge in [-0.25, -0.2) is 9.97 Å². The van der Waals surface area contributed by atoms with Crippen LogP contribution < -0.4 is 0 Å². The monoisotopic (exact) mass is 233 g/mol. The number of rotatable bonds is 5. The highest BCUT2D eigenvalue weighted by Crippen LogP contribution is 2.20. The van der Waals surface area contributed by atoms with E-state index in [-0.39, 0.29) is 0 Å². The van der Waals surface area contributed by atoms with E-state index in [4.69, 9.17) is 0 Å². The largest absolute Gasteiger partial charge is 0.303 e. The number of piperidine rings is 1. The molecule has 1 aliphatic rings. The molecule has 2 heterocycles. The quantitative estimate of drug-likeness (QED) is 0.782. The van der Waals surface area contributed by atoms with Crippen LogP contribution in [0, 0.1) is 5.92 Å². The van der Waals surface area contributed by atoms with E-state index in [1.165, 1.54) is 45.3 Å². The maximum atomic E-state index is 4.32. The van der Waals surface area contributed by atoms with Crippen LogP contribution in [-0.2, 0) is 6.42 Å². The number of likely N-dealkylation sites (tertiary alicyclic amines) is 1. The van der Waals surface area contributed by atoms with Crippen LogP contribution in [0.4, 0.5) is 0 Å². The third kappa shape index (κ3) is 4.08. The molecule has 1 fully saturated rings. The fourth-order valence-electron chi connectivity index (χ4n) is 2.49. The van der Waals surface area contributed by atoms with Crippen LogP contribution in [0.5, 0.6) is 0 Å². The van der Waals surface area contributed by atoms with Crippen LogP contribution in [-0.4, -0.2) is 34.5 Å². The van der Waals surface area contributed by atoms with Crippen molar-refractivity contribution in [3.8, 4) is 0 Å². The molecule has 0 N–H and O–H groups in total. The minimum absolute atomic E-state index is 0.787. The Morgan fingerprint density at radius 3 is 2.59 bits per heavy atom. The zero-order valence-electron chi connectivity index (χ0n) is 10.8. The van der Waals surface area contributed by atoms with E-state index in [0.717, 1.165) is 18.2 Å². The summed E-state index contributed by atoms with van der Waals surface area (Å²) >= 11 is 0. The van der Waals surface area contributed by atoms with Gasteiger partial charge in [0.15, 0.2) is 0 Å². The van der Waals surface area contributed by atoms with Crippen molar-refractivity contribution in [1.82, 2.24) is 14.9 Å². The van der Waals surface area contributed by atoms with Crippen molar-refractivity contribution in [3.05, 3.63) is 24.3 Å². The molecule has 0 amide bonds. The first-order valence-corrected chi connectivity index (χ1v) is 6.86. The second kappa shape index (κ2) is 6.70. The molecule has 1 aromatic rings. The van der Waals surface area contributed by atoms with E-state index in [1.54, 1.807) is 0 Å². The smallest absolute Gasteiger partial charge is 0.128 e. The van der Waals surface area contributed by atoms with E-state index in [2.05, 4.69) is 21.8 Å². The van der Waals surface area contributed by atoms with Gasteiger partial charge in [0.05, 0.1) is 0 Å². The Balaban J connectivity index is 1.72. The van der Waals surface area contributed by atoms with Gasteiger partial charge in [-0.2, -0.15) is 0 Å². The summed E-state index contributed by atoms with van der Waals surface area (Å²) in [5.41, 5.74) is 0. The van der Waals surface area contributed by atoms with Gasteiger partial charge >= 0.3 is 0 Å². The Labute approximate surface area is 104 Å². The standard InChI is InChI=1S/C14H23N3/c1-2-3-9-17-10-5-13(6-11-17)12-14-15-7-4-8-16-14/h4,7-8,13H,2-3,5-6,9-12H2,1H3. The lowest BCUT2D eigenvalue weighted by atomic mass is 9.93. The Kier molecular flexibility index (Phi) is 4.92. The van der Waals surface area contributed by atoms with Gasteiger partial charge in [0.1, 0.15) is 5.82 Å². The zero-order chi connectivity index (χ0) is 11.9. The van der Waals surface area contributed by atoms with Gasteiger partial charge in [-0.1, -0.05) is 13.3 Å². The highest BCUT2D eigenvalue weighted by atomic mass is 15.1. The summed E-state index contributed by atoms with van der Waals surface area (Å²) in [7, 11) is 0. The summed E-state index contributed by atoms with van der Waals surface area (Å²) in [5.74, 6) is 1.80. The second-order valence-corrected chi connectivity index (χ2v) is 5.01. The summed E-state index contributed by atoms with van der Waals surface area (Å²) in [5, 5.41) is 0. The molecule has 3 nitrogen and oxygen atoms in total. The number of nitrogens with zero attached hydrogens (tertiary/aromatic N) is 3. The highest BCUT2D eigenvalue weighted by molar-refractivity contribution is 4.91. The lowest BCUT2D eigenvalue weighted by Gasteiger charge is -2.31. The van der Waals surface area contributed by atoms with Gasteiger partial charge in [0.25, 0.3) is 0 Å². The molecule has 2 rings (SSSR count). The molecule has 94 valence electrons. The summed E-state index contributed by atoms with van der Waals surface area (Å²) in [6, 6.07) is 1.89. The second-order valence-electron chi connectivity index (χ2n) is 5.01. The molecule has 0 radical (unpaired) electrons. The first kappa shape index (κ1) is 12.5. The molecule has 1 aromatic heterocycles. The van der Waals surface area contributed by atoms with Crippen LogP contribution >= 0.6 is 0 Å². The maximum Gasteiger partial charge on any atom is 0.128 e. The number of aromatic nitrogens is 2. The summed E-state index contributed by atoms with van der Waals surface area (Å²) < 4.78 is 0. The van der Waals surface area contributed by atoms with Crippen LogP contribution in [0.15, 0.2) is 18.5 Å². The lowest BCUT2D eigenvalue weighted by Crippen LogP contribution is -2.35. The summed E-state index contributed by atoms with van der Waals surface area (Å²) in [4.78, 5) is 11.2. The van der Waals surface area contributed by atoms with Gasteiger partial charge in [0, 0.05) is 18.8 Å². The summed E-state index contributed by atoms with van der Waals surface area (Å²) in [6.07, 6.45) is 10.0. The maximum absolute atomic E-state index is 4.32. The first-order chi connectivity index (χ1) is 8.38. The molecule has 0 spiro atoms. The first-order valence-electron chi connectivity index (χ1n) is 6.86. The molecular weight excluding hydrogens is 210 g/mol. The molecule has 1 saturated heterocycles. The van der Waals surface area contributed by atoms with Crippen molar-refractivity contribution in [1.29, 1.82) is 0 Å². The van der Waals surface area contributed by atoms with Crippen molar-refractivity contribution in [3.63, 3.8) is 0 Å². The van der Waals surface area contributed by atoms with Gasteiger partial charge in [-0.15, -0.1) is 0 Å². The van der Waals surface area contributed by atoms with Gasteiger partial charge in [-0.3, -0.25) is 0 Å². The molecule has 0 bridgehead atoms. The van der Waals surface area contributed by atoms with E-state index >= 15 is 0 Å². The third-order valence-corrected chi connectivity index (χ3v) is 3.63. The average molecular weight is 233 g/mol. The van der Waals surface area contributed by atoms with Crippen molar-refractivity contribution in [2.24, 2.45) is 5.92 Å². The average Bonchev–Trinajstić information content (AvgIpc) is 2.39. The topological polar surface area (TPSA) is 29.0 Å². The van der Waals surface area contributed by atoms with Crippen molar-refractivity contribution >= 4 is 0 Å². The van der Waals surface area contributed by atoms with Crippen LogP contribution in [0.1, 0.15) is 38.4 Å². The predicted molar refractivity (Wildman–Crippen MR) is 69.8 cm³/mol. The molecule has 1 aliphatic heterocycles. The third-order valence-electron chi connectivity index (χ3n) is 3.63. The van der Waals surface area contributed by atoms with Crippen molar-refractivity contribution in [2.75, 3.05) is 19.6 Å². The molecule has 0 atom stereocenters. The van der Waals surface area contributed by atoms with E-state index < -0.39 is 0 Å². The number of unbranched alkanes of at least 4 members (excludes halogenated alkanes) is 1. The minimum Gasteiger partial charge on any atom is -0.303 e. The van der Waals surface area contributed by atoms with E-state index in [0.29, 0.717) is 0 Å². The Hall–Kier alpha value is -0.960. The van der Waals surface area contributed by atoms with E-state index in [9.17, 15) is 0 Å². The highest BCUT2D eigenvalue weighted by Gasteiger charge is 2.19. The van der Waals surface area contributed by atoms with Crippen LogP contribution in [0.2, 0.25) is 0 Å². The Morgan fingerprint density at radius 2 is 1.94 bits per heavy atom. The molecular formula is C14H23N3. The Morgan fingerprint density at radius 1 is 1.24 bits per heavy atom. The molecule has 17 heavy (non-hydrogen) atoms. The van der Waals surface area contributed by atoms with Gasteiger partial charge < -0.3 is 4.90 Å². The zero-order valence-corrected chi connectivity index (χ0v) is 10.8. The normalized spacial score (nSPS) is 18.4.